The number of fused-ring (bicyclic) bond motifs is 1. The van der Waals surface area contributed by atoms with Crippen molar-refractivity contribution in [3.63, 3.8) is 0 Å². The van der Waals surface area contributed by atoms with Crippen LogP contribution in [-0.4, -0.2) is 39.6 Å². The van der Waals surface area contributed by atoms with Gasteiger partial charge in [0.1, 0.15) is 12.6 Å². The first-order chi connectivity index (χ1) is 10.5. The van der Waals surface area contributed by atoms with E-state index in [1.807, 2.05) is 48.1 Å². The first-order valence-electron chi connectivity index (χ1n) is 7.09. The van der Waals surface area contributed by atoms with Crippen molar-refractivity contribution in [1.29, 1.82) is 0 Å². The second-order valence-corrected chi connectivity index (χ2v) is 6.16. The Morgan fingerprint density at radius 3 is 2.77 bits per heavy atom. The van der Waals surface area contributed by atoms with E-state index in [-0.39, 0.29) is 12.5 Å². The van der Waals surface area contributed by atoms with E-state index in [1.165, 1.54) is 0 Å². The zero-order valence-corrected chi connectivity index (χ0v) is 13.5. The number of aliphatic carboxylic acids is 1. The van der Waals surface area contributed by atoms with Crippen LogP contribution in [0.25, 0.3) is 10.9 Å². The van der Waals surface area contributed by atoms with E-state index in [9.17, 15) is 14.7 Å². The maximum absolute atomic E-state index is 12.2. The molecule has 22 heavy (non-hydrogen) atoms. The van der Waals surface area contributed by atoms with Crippen LogP contribution in [0.3, 0.4) is 0 Å². The Morgan fingerprint density at radius 2 is 2.09 bits per heavy atom. The van der Waals surface area contributed by atoms with Gasteiger partial charge in [-0.05, 0) is 42.9 Å². The molecule has 0 aliphatic rings. The highest BCUT2D eigenvalue weighted by Gasteiger charge is 2.20. The van der Waals surface area contributed by atoms with Crippen molar-refractivity contribution in [1.82, 2.24) is 9.88 Å². The van der Waals surface area contributed by atoms with E-state index in [1.54, 1.807) is 11.8 Å². The molecular weight excluding hydrogens is 300 g/mol. The van der Waals surface area contributed by atoms with Gasteiger partial charge in [0.25, 0.3) is 0 Å². The van der Waals surface area contributed by atoms with Crippen molar-refractivity contribution in [2.45, 2.75) is 25.9 Å². The van der Waals surface area contributed by atoms with Crippen molar-refractivity contribution in [3.8, 4) is 0 Å². The maximum Gasteiger partial charge on any atom is 0.326 e. The number of thioether (sulfide) groups is 1. The SMILES string of the molecule is CSCC[C@H](NC(=O)Cn1c(C)cc2ccccc21)C(=O)O. The molecule has 6 heteroatoms. The smallest absolute Gasteiger partial charge is 0.326 e. The van der Waals surface area contributed by atoms with Gasteiger partial charge in [0, 0.05) is 11.2 Å². The van der Waals surface area contributed by atoms with Crippen molar-refractivity contribution < 1.29 is 14.7 Å². The molecule has 0 fully saturated rings. The number of amides is 1. The third kappa shape index (κ3) is 3.82. The van der Waals surface area contributed by atoms with E-state index in [0.29, 0.717) is 12.2 Å². The van der Waals surface area contributed by atoms with Gasteiger partial charge in [0.2, 0.25) is 5.91 Å². The quantitative estimate of drug-likeness (QED) is 0.821. The molecule has 2 rings (SSSR count). The molecule has 0 spiro atoms. The van der Waals surface area contributed by atoms with Gasteiger partial charge < -0.3 is 15.0 Å². The van der Waals surface area contributed by atoms with Crippen molar-refractivity contribution in [2.75, 3.05) is 12.0 Å². The van der Waals surface area contributed by atoms with E-state index < -0.39 is 12.0 Å². The monoisotopic (exact) mass is 320 g/mol. The average Bonchev–Trinajstić information content (AvgIpc) is 2.79. The lowest BCUT2D eigenvalue weighted by Gasteiger charge is -2.15. The predicted molar refractivity (Wildman–Crippen MR) is 89.2 cm³/mol. The molecule has 0 aliphatic heterocycles. The number of nitrogens with zero attached hydrogens (tertiary/aromatic N) is 1. The summed E-state index contributed by atoms with van der Waals surface area (Å²) in [7, 11) is 0. The summed E-state index contributed by atoms with van der Waals surface area (Å²) in [6, 6.07) is 9.02. The molecule has 118 valence electrons. The highest BCUT2D eigenvalue weighted by molar-refractivity contribution is 7.98. The van der Waals surface area contributed by atoms with Gasteiger partial charge in [0.05, 0.1) is 0 Å². The molecule has 0 saturated carbocycles. The van der Waals surface area contributed by atoms with Crippen LogP contribution >= 0.6 is 11.8 Å². The van der Waals surface area contributed by atoms with Crippen LogP contribution < -0.4 is 5.32 Å². The number of carbonyl (C=O) groups is 2. The highest BCUT2D eigenvalue weighted by Crippen LogP contribution is 2.18. The number of hydrogen-bond acceptors (Lipinski definition) is 3. The van der Waals surface area contributed by atoms with Crippen molar-refractivity contribution in [3.05, 3.63) is 36.0 Å². The molecule has 1 aromatic carbocycles. The summed E-state index contributed by atoms with van der Waals surface area (Å²) in [5.41, 5.74) is 1.96. The van der Waals surface area contributed by atoms with Gasteiger partial charge in [-0.25, -0.2) is 4.79 Å². The minimum atomic E-state index is -0.989. The summed E-state index contributed by atoms with van der Waals surface area (Å²) < 4.78 is 1.90. The third-order valence-electron chi connectivity index (χ3n) is 3.56. The number of carboxylic acid groups (broad SMARTS) is 1. The first kappa shape index (κ1) is 16.4. The molecule has 2 aromatic rings. The Morgan fingerprint density at radius 1 is 1.36 bits per heavy atom. The van der Waals surface area contributed by atoms with Crippen LogP contribution in [0.1, 0.15) is 12.1 Å². The van der Waals surface area contributed by atoms with Crippen molar-refractivity contribution in [2.24, 2.45) is 0 Å². The van der Waals surface area contributed by atoms with Gasteiger partial charge in [-0.3, -0.25) is 4.79 Å². The van der Waals surface area contributed by atoms with Crippen LogP contribution in [0.2, 0.25) is 0 Å². The fraction of sp³-hybridized carbons (Fsp3) is 0.375. The molecule has 0 saturated heterocycles. The number of aromatic nitrogens is 1. The number of carbonyl (C=O) groups excluding carboxylic acids is 1. The molecular formula is C16H20N2O3S. The first-order valence-corrected chi connectivity index (χ1v) is 8.48. The summed E-state index contributed by atoms with van der Waals surface area (Å²) in [5, 5.41) is 12.9. The predicted octanol–water partition coefficient (Wildman–Crippen LogP) is 2.27. The number of hydrogen-bond donors (Lipinski definition) is 2. The Balaban J connectivity index is 2.10. The summed E-state index contributed by atoms with van der Waals surface area (Å²) >= 11 is 1.56. The number of benzene rings is 1. The molecule has 1 atom stereocenters. The second kappa shape index (κ2) is 7.35. The molecule has 1 aromatic heterocycles. The molecule has 0 bridgehead atoms. The number of nitrogens with one attached hydrogen (secondary N) is 1. The van der Waals surface area contributed by atoms with E-state index in [0.717, 1.165) is 16.6 Å². The number of aryl methyl sites for hydroxylation is 1. The lowest BCUT2D eigenvalue weighted by atomic mass is 10.2. The lowest BCUT2D eigenvalue weighted by molar-refractivity contribution is -0.141. The fourth-order valence-corrected chi connectivity index (χ4v) is 2.91. The zero-order valence-electron chi connectivity index (χ0n) is 12.7. The zero-order chi connectivity index (χ0) is 16.1. The molecule has 1 amide bonds. The molecule has 5 nitrogen and oxygen atoms in total. The van der Waals surface area contributed by atoms with Crippen LogP contribution in [0, 0.1) is 6.92 Å². The van der Waals surface area contributed by atoms with Gasteiger partial charge in [-0.2, -0.15) is 11.8 Å². The van der Waals surface area contributed by atoms with Gasteiger partial charge in [0.15, 0.2) is 0 Å². The molecule has 0 radical (unpaired) electrons. The van der Waals surface area contributed by atoms with Gasteiger partial charge in [-0.15, -0.1) is 0 Å². The lowest BCUT2D eigenvalue weighted by Crippen LogP contribution is -2.42. The number of carboxylic acids is 1. The highest BCUT2D eigenvalue weighted by atomic mass is 32.2. The summed E-state index contributed by atoms with van der Waals surface area (Å²) in [6.07, 6.45) is 2.34. The maximum atomic E-state index is 12.2. The topological polar surface area (TPSA) is 71.3 Å². The van der Waals surface area contributed by atoms with Crippen LogP contribution in [0.4, 0.5) is 0 Å². The largest absolute Gasteiger partial charge is 0.480 e. The molecule has 0 aliphatic carbocycles. The van der Waals surface area contributed by atoms with Crippen LogP contribution in [0.15, 0.2) is 30.3 Å². The standard InChI is InChI=1S/C16H20N2O3S/c1-11-9-12-5-3-4-6-14(12)18(11)10-15(19)17-13(16(20)21)7-8-22-2/h3-6,9,13H,7-8,10H2,1-2H3,(H,17,19)(H,20,21)/t13-/m0/s1. The molecule has 2 N–H and O–H groups in total. The van der Waals surface area contributed by atoms with Gasteiger partial charge in [-0.1, -0.05) is 18.2 Å². The minimum Gasteiger partial charge on any atom is -0.480 e. The minimum absolute atomic E-state index is 0.127. The Kier molecular flexibility index (Phi) is 5.49. The Labute approximate surface area is 133 Å². The number of rotatable bonds is 7. The average molecular weight is 320 g/mol. The molecule has 1 heterocycles. The second-order valence-electron chi connectivity index (χ2n) is 5.17. The third-order valence-corrected chi connectivity index (χ3v) is 4.21. The van der Waals surface area contributed by atoms with Crippen molar-refractivity contribution >= 4 is 34.5 Å². The van der Waals surface area contributed by atoms with E-state index in [4.69, 9.17) is 0 Å². The van der Waals surface area contributed by atoms with Gasteiger partial charge >= 0.3 is 5.97 Å². The van der Waals surface area contributed by atoms with E-state index >= 15 is 0 Å². The summed E-state index contributed by atoms with van der Waals surface area (Å²) in [6.45, 7) is 2.07. The van der Waals surface area contributed by atoms with Crippen LogP contribution in [-0.2, 0) is 16.1 Å². The summed E-state index contributed by atoms with van der Waals surface area (Å²) in [5.74, 6) is -0.572. The fourth-order valence-electron chi connectivity index (χ4n) is 2.43. The Bertz CT molecular complexity index is 681. The van der Waals surface area contributed by atoms with E-state index in [2.05, 4.69) is 5.32 Å². The van der Waals surface area contributed by atoms with Crippen LogP contribution in [0.5, 0.6) is 0 Å². The number of para-hydroxylation sites is 1. The normalized spacial score (nSPS) is 12.3. The Hall–Kier alpha value is -1.95. The molecule has 0 unspecified atom stereocenters. The summed E-state index contributed by atoms with van der Waals surface area (Å²) in [4.78, 5) is 23.4.